The molecular formula is C13H19BN2O4S. The summed E-state index contributed by atoms with van der Waals surface area (Å²) in [6.07, 6.45) is 1.63. The van der Waals surface area contributed by atoms with Crippen molar-refractivity contribution in [1.29, 1.82) is 0 Å². The highest BCUT2D eigenvalue weighted by Crippen LogP contribution is 2.37. The first-order valence-electron chi connectivity index (χ1n) is 6.85. The van der Waals surface area contributed by atoms with Crippen molar-refractivity contribution in [1.82, 2.24) is 4.98 Å². The Morgan fingerprint density at radius 1 is 1.24 bits per heavy atom. The minimum absolute atomic E-state index is 0.0531. The van der Waals surface area contributed by atoms with Crippen LogP contribution >= 0.6 is 0 Å². The van der Waals surface area contributed by atoms with Gasteiger partial charge in [0, 0.05) is 18.7 Å². The van der Waals surface area contributed by atoms with E-state index in [4.69, 9.17) is 9.31 Å². The van der Waals surface area contributed by atoms with Crippen LogP contribution < -0.4 is 9.77 Å². The summed E-state index contributed by atoms with van der Waals surface area (Å²) in [5.74, 6) is -0.0531. The smallest absolute Gasteiger partial charge is 0.399 e. The fourth-order valence-electron chi connectivity index (χ4n) is 2.41. The first-order chi connectivity index (χ1) is 9.53. The number of pyridine rings is 1. The third-order valence-electron chi connectivity index (χ3n) is 4.57. The van der Waals surface area contributed by atoms with E-state index in [1.807, 2.05) is 27.7 Å². The zero-order chi connectivity index (χ0) is 15.6. The Kier molecular flexibility index (Phi) is 2.97. The number of fused-ring (bicyclic) bond motifs is 1. The average Bonchev–Trinajstić information content (AvgIpc) is 2.70. The molecule has 1 fully saturated rings. The van der Waals surface area contributed by atoms with Crippen molar-refractivity contribution < 1.29 is 17.7 Å². The third-order valence-corrected chi connectivity index (χ3v) is 6.24. The summed E-state index contributed by atoms with van der Waals surface area (Å²) in [6.45, 7) is 7.91. The van der Waals surface area contributed by atoms with Crippen molar-refractivity contribution in [2.75, 3.05) is 11.4 Å². The normalized spacial score (nSPS) is 25.2. The van der Waals surface area contributed by atoms with Crippen LogP contribution in [0.4, 0.5) is 5.69 Å². The third kappa shape index (κ3) is 2.16. The van der Waals surface area contributed by atoms with Crippen LogP contribution in [0, 0.1) is 0 Å². The molecule has 114 valence electrons. The molecule has 1 aromatic heterocycles. The lowest BCUT2D eigenvalue weighted by Crippen LogP contribution is -2.41. The van der Waals surface area contributed by atoms with Crippen LogP contribution in [-0.4, -0.2) is 38.8 Å². The monoisotopic (exact) mass is 310 g/mol. The van der Waals surface area contributed by atoms with Gasteiger partial charge in [0.2, 0.25) is 10.0 Å². The number of hydrogen-bond donors (Lipinski definition) is 0. The lowest BCUT2D eigenvalue weighted by Gasteiger charge is -2.32. The van der Waals surface area contributed by atoms with Gasteiger partial charge < -0.3 is 9.31 Å². The minimum atomic E-state index is -3.28. The molecule has 3 heterocycles. The number of anilines is 1. The van der Waals surface area contributed by atoms with Crippen molar-refractivity contribution >= 4 is 28.3 Å². The molecule has 0 saturated carbocycles. The molecule has 0 N–H and O–H groups in total. The summed E-state index contributed by atoms with van der Waals surface area (Å²) >= 11 is 0. The van der Waals surface area contributed by atoms with Crippen molar-refractivity contribution in [2.45, 2.75) is 44.6 Å². The molecular weight excluding hydrogens is 291 g/mol. The molecule has 0 radical (unpaired) electrons. The van der Waals surface area contributed by atoms with Crippen molar-refractivity contribution in [3.8, 4) is 0 Å². The van der Waals surface area contributed by atoms with Crippen LogP contribution in [0.25, 0.3) is 0 Å². The Hall–Kier alpha value is -1.12. The van der Waals surface area contributed by atoms with Crippen LogP contribution in [-0.2, 0) is 25.1 Å². The average molecular weight is 310 g/mol. The topological polar surface area (TPSA) is 68.7 Å². The molecule has 0 aromatic carbocycles. The Balaban J connectivity index is 1.96. The summed E-state index contributed by atoms with van der Waals surface area (Å²) in [7, 11) is -2.28. The van der Waals surface area contributed by atoms with Gasteiger partial charge in [-0.2, -0.15) is 0 Å². The second-order valence-corrected chi connectivity index (χ2v) is 8.55. The summed E-state index contributed by atoms with van der Waals surface area (Å²) in [4.78, 5) is 4.26. The van der Waals surface area contributed by atoms with E-state index in [9.17, 15) is 8.42 Å². The SMILES string of the molecule is CN1c2cc(B3OC(C)(C)C(C)(C)O3)cnc2CS1(=O)=O. The van der Waals surface area contributed by atoms with Crippen molar-refractivity contribution in [2.24, 2.45) is 0 Å². The lowest BCUT2D eigenvalue weighted by molar-refractivity contribution is 0.00578. The maximum atomic E-state index is 11.9. The van der Waals surface area contributed by atoms with Gasteiger partial charge in [0.15, 0.2) is 0 Å². The van der Waals surface area contributed by atoms with E-state index in [1.165, 1.54) is 11.4 Å². The molecule has 0 amide bonds. The molecule has 2 aliphatic heterocycles. The molecule has 0 bridgehead atoms. The largest absolute Gasteiger partial charge is 0.496 e. The zero-order valence-corrected chi connectivity index (χ0v) is 13.7. The highest BCUT2D eigenvalue weighted by Gasteiger charge is 2.52. The highest BCUT2D eigenvalue weighted by molar-refractivity contribution is 7.92. The zero-order valence-electron chi connectivity index (χ0n) is 12.9. The first kappa shape index (κ1) is 14.8. The fraction of sp³-hybridized carbons (Fsp3) is 0.615. The second kappa shape index (κ2) is 4.21. The van der Waals surface area contributed by atoms with Gasteiger partial charge in [0.25, 0.3) is 0 Å². The van der Waals surface area contributed by atoms with E-state index in [0.717, 1.165) is 5.46 Å². The highest BCUT2D eigenvalue weighted by atomic mass is 32.2. The second-order valence-electron chi connectivity index (χ2n) is 6.55. The molecule has 0 spiro atoms. The van der Waals surface area contributed by atoms with Gasteiger partial charge in [0.1, 0.15) is 5.75 Å². The molecule has 3 rings (SSSR count). The molecule has 8 heteroatoms. The van der Waals surface area contributed by atoms with E-state index in [-0.39, 0.29) is 5.75 Å². The lowest BCUT2D eigenvalue weighted by atomic mass is 9.80. The van der Waals surface area contributed by atoms with Crippen LogP contribution in [0.15, 0.2) is 12.3 Å². The first-order valence-corrected chi connectivity index (χ1v) is 8.45. The van der Waals surface area contributed by atoms with Crippen LogP contribution in [0.1, 0.15) is 33.4 Å². The minimum Gasteiger partial charge on any atom is -0.399 e. The van der Waals surface area contributed by atoms with Gasteiger partial charge in [-0.1, -0.05) is 0 Å². The molecule has 1 aromatic rings. The summed E-state index contributed by atoms with van der Waals surface area (Å²) in [5, 5.41) is 0. The summed E-state index contributed by atoms with van der Waals surface area (Å²) in [5.41, 5.74) is 1.03. The van der Waals surface area contributed by atoms with Crippen LogP contribution in [0.3, 0.4) is 0 Å². The molecule has 6 nitrogen and oxygen atoms in total. The quantitative estimate of drug-likeness (QED) is 0.713. The number of aromatic nitrogens is 1. The predicted octanol–water partition coefficient (Wildman–Crippen LogP) is 0.660. The summed E-state index contributed by atoms with van der Waals surface area (Å²) in [6, 6.07) is 1.79. The fourth-order valence-corrected chi connectivity index (χ4v) is 3.63. The molecule has 2 aliphatic rings. The molecule has 21 heavy (non-hydrogen) atoms. The van der Waals surface area contributed by atoms with Gasteiger partial charge in [-0.05, 0) is 33.8 Å². The number of sulfonamides is 1. The van der Waals surface area contributed by atoms with Gasteiger partial charge in [0.05, 0.1) is 22.6 Å². The van der Waals surface area contributed by atoms with Crippen LogP contribution in [0.2, 0.25) is 0 Å². The Labute approximate surface area is 125 Å². The van der Waals surface area contributed by atoms with Crippen molar-refractivity contribution in [3.63, 3.8) is 0 Å². The van der Waals surface area contributed by atoms with Gasteiger partial charge >= 0.3 is 7.12 Å². The molecule has 0 unspecified atom stereocenters. The number of hydrogen-bond acceptors (Lipinski definition) is 5. The van der Waals surface area contributed by atoms with E-state index < -0.39 is 28.3 Å². The Morgan fingerprint density at radius 3 is 2.38 bits per heavy atom. The molecule has 0 atom stereocenters. The predicted molar refractivity (Wildman–Crippen MR) is 81.0 cm³/mol. The maximum absolute atomic E-state index is 11.9. The number of rotatable bonds is 1. The number of nitrogens with zero attached hydrogens (tertiary/aromatic N) is 2. The molecule has 0 aliphatic carbocycles. The van der Waals surface area contributed by atoms with Crippen molar-refractivity contribution in [3.05, 3.63) is 18.0 Å². The van der Waals surface area contributed by atoms with E-state index in [1.54, 1.807) is 12.3 Å². The maximum Gasteiger partial charge on any atom is 0.496 e. The molecule has 1 saturated heterocycles. The Morgan fingerprint density at radius 2 is 1.81 bits per heavy atom. The Bertz CT molecular complexity index is 686. The van der Waals surface area contributed by atoms with Crippen LogP contribution in [0.5, 0.6) is 0 Å². The van der Waals surface area contributed by atoms with E-state index in [0.29, 0.717) is 11.4 Å². The van der Waals surface area contributed by atoms with E-state index >= 15 is 0 Å². The van der Waals surface area contributed by atoms with Gasteiger partial charge in [-0.15, -0.1) is 0 Å². The standard InChI is InChI=1S/C13H19BN2O4S/c1-12(2)13(3,4)20-14(19-12)9-6-11-10(15-7-9)8-21(17,18)16(11)5/h6-7H,8H2,1-5H3. The van der Waals surface area contributed by atoms with E-state index in [2.05, 4.69) is 4.98 Å². The van der Waals surface area contributed by atoms with Gasteiger partial charge in [-0.25, -0.2) is 8.42 Å². The van der Waals surface area contributed by atoms with Gasteiger partial charge in [-0.3, -0.25) is 9.29 Å². The summed E-state index contributed by atoms with van der Waals surface area (Å²) < 4.78 is 37.0.